The van der Waals surface area contributed by atoms with Crippen molar-refractivity contribution in [3.05, 3.63) is 11.3 Å². The van der Waals surface area contributed by atoms with Gasteiger partial charge in [0.15, 0.2) is 6.29 Å². The fraction of sp³-hybridized carbons (Fsp3) is 0.786. The molecule has 0 amide bonds. The van der Waals surface area contributed by atoms with Crippen molar-refractivity contribution < 1.29 is 19.0 Å². The summed E-state index contributed by atoms with van der Waals surface area (Å²) in [7, 11) is 1.42. The Morgan fingerprint density at radius 3 is 2.78 bits per heavy atom. The molecule has 0 spiro atoms. The zero-order valence-electron chi connectivity index (χ0n) is 11.2. The third-order valence-electron chi connectivity index (χ3n) is 3.37. The van der Waals surface area contributed by atoms with Gasteiger partial charge < -0.3 is 14.2 Å². The molecule has 0 aromatic rings. The first-order valence-corrected chi connectivity index (χ1v) is 6.85. The Hall–Kier alpha value is -1.03. The standard InChI is InChI=1S/C14H22O4/c1-3-4-9-17-12-8-7-11(14(15)16-2)13(18-12)10-5-6-10/h10,12H,3-9H2,1-2H3. The molecular formula is C14H22O4. The third kappa shape index (κ3) is 3.25. The maximum Gasteiger partial charge on any atom is 0.337 e. The highest BCUT2D eigenvalue weighted by molar-refractivity contribution is 5.89. The minimum absolute atomic E-state index is 0.180. The largest absolute Gasteiger partial charge is 0.468 e. The number of ether oxygens (including phenoxy) is 3. The summed E-state index contributed by atoms with van der Waals surface area (Å²) >= 11 is 0. The Bertz CT molecular complexity index is 331. The number of hydrogen-bond donors (Lipinski definition) is 0. The number of rotatable bonds is 6. The molecule has 0 radical (unpaired) electrons. The Morgan fingerprint density at radius 2 is 2.17 bits per heavy atom. The molecule has 18 heavy (non-hydrogen) atoms. The van der Waals surface area contributed by atoms with Crippen LogP contribution < -0.4 is 0 Å². The van der Waals surface area contributed by atoms with Gasteiger partial charge in [-0.2, -0.15) is 0 Å². The third-order valence-corrected chi connectivity index (χ3v) is 3.37. The average molecular weight is 254 g/mol. The molecule has 4 heteroatoms. The van der Waals surface area contributed by atoms with Crippen molar-refractivity contribution in [2.75, 3.05) is 13.7 Å². The Morgan fingerprint density at radius 1 is 1.39 bits per heavy atom. The second-order valence-corrected chi connectivity index (χ2v) is 4.92. The van der Waals surface area contributed by atoms with E-state index in [-0.39, 0.29) is 12.3 Å². The molecule has 1 aliphatic heterocycles. The highest BCUT2D eigenvalue weighted by Crippen LogP contribution is 2.42. The van der Waals surface area contributed by atoms with Crippen LogP contribution in [0.5, 0.6) is 0 Å². The fourth-order valence-electron chi connectivity index (χ4n) is 2.15. The maximum absolute atomic E-state index is 11.7. The van der Waals surface area contributed by atoms with Crippen LogP contribution in [0.25, 0.3) is 0 Å². The molecule has 1 aliphatic carbocycles. The van der Waals surface area contributed by atoms with E-state index in [4.69, 9.17) is 14.2 Å². The molecule has 1 unspecified atom stereocenters. The number of hydrogen-bond acceptors (Lipinski definition) is 4. The summed E-state index contributed by atoms with van der Waals surface area (Å²) in [6.45, 7) is 2.86. The first-order chi connectivity index (χ1) is 8.76. The number of methoxy groups -OCH3 is 1. The van der Waals surface area contributed by atoms with Gasteiger partial charge in [0.2, 0.25) is 0 Å². The van der Waals surface area contributed by atoms with Crippen LogP contribution in [0.2, 0.25) is 0 Å². The number of carbonyl (C=O) groups excluding carboxylic acids is 1. The molecule has 0 aromatic carbocycles. The van der Waals surface area contributed by atoms with E-state index in [9.17, 15) is 4.79 Å². The van der Waals surface area contributed by atoms with E-state index in [1.54, 1.807) is 0 Å². The highest BCUT2D eigenvalue weighted by atomic mass is 16.7. The lowest BCUT2D eigenvalue weighted by Crippen LogP contribution is -2.26. The highest BCUT2D eigenvalue weighted by Gasteiger charge is 2.37. The van der Waals surface area contributed by atoms with E-state index >= 15 is 0 Å². The maximum atomic E-state index is 11.7. The molecule has 2 aliphatic rings. The van der Waals surface area contributed by atoms with Crippen LogP contribution in [-0.2, 0) is 19.0 Å². The van der Waals surface area contributed by atoms with Gasteiger partial charge in [-0.15, -0.1) is 0 Å². The van der Waals surface area contributed by atoms with Gasteiger partial charge in [-0.1, -0.05) is 13.3 Å². The topological polar surface area (TPSA) is 44.8 Å². The molecule has 1 atom stereocenters. The van der Waals surface area contributed by atoms with Gasteiger partial charge in [-0.3, -0.25) is 0 Å². The van der Waals surface area contributed by atoms with Crippen molar-refractivity contribution in [1.29, 1.82) is 0 Å². The second-order valence-electron chi connectivity index (χ2n) is 4.92. The molecule has 0 N–H and O–H groups in total. The second kappa shape index (κ2) is 6.23. The van der Waals surface area contributed by atoms with E-state index in [0.29, 0.717) is 12.3 Å². The monoisotopic (exact) mass is 254 g/mol. The number of unbranched alkanes of at least 4 members (excludes halogenated alkanes) is 1. The fourth-order valence-corrected chi connectivity index (χ4v) is 2.15. The minimum Gasteiger partial charge on any atom is -0.468 e. The molecule has 1 heterocycles. The van der Waals surface area contributed by atoms with Crippen molar-refractivity contribution in [1.82, 2.24) is 0 Å². The molecule has 102 valence electrons. The quantitative estimate of drug-likeness (QED) is 0.540. The zero-order chi connectivity index (χ0) is 13.0. The molecule has 4 nitrogen and oxygen atoms in total. The lowest BCUT2D eigenvalue weighted by molar-refractivity contribution is -0.145. The predicted molar refractivity (Wildman–Crippen MR) is 66.7 cm³/mol. The van der Waals surface area contributed by atoms with Crippen LogP contribution >= 0.6 is 0 Å². The predicted octanol–water partition coefficient (Wildman–Crippen LogP) is 2.78. The average Bonchev–Trinajstić information content (AvgIpc) is 3.22. The summed E-state index contributed by atoms with van der Waals surface area (Å²) in [6, 6.07) is 0. The summed E-state index contributed by atoms with van der Waals surface area (Å²) in [5.41, 5.74) is 0.718. The number of carbonyl (C=O) groups is 1. The molecule has 0 saturated heterocycles. The molecule has 1 saturated carbocycles. The molecule has 0 aromatic heterocycles. The lowest BCUT2D eigenvalue weighted by atomic mass is 10.0. The smallest absolute Gasteiger partial charge is 0.337 e. The van der Waals surface area contributed by atoms with Gasteiger partial charge in [-0.05, 0) is 25.7 Å². The Labute approximate surface area is 108 Å². The van der Waals surface area contributed by atoms with Crippen molar-refractivity contribution in [2.45, 2.75) is 51.7 Å². The van der Waals surface area contributed by atoms with E-state index in [0.717, 1.165) is 50.0 Å². The lowest BCUT2D eigenvalue weighted by Gasteiger charge is -2.27. The number of esters is 1. The van der Waals surface area contributed by atoms with E-state index < -0.39 is 0 Å². The van der Waals surface area contributed by atoms with Crippen molar-refractivity contribution in [2.24, 2.45) is 5.92 Å². The van der Waals surface area contributed by atoms with Gasteiger partial charge in [0.25, 0.3) is 0 Å². The summed E-state index contributed by atoms with van der Waals surface area (Å²) in [5.74, 6) is 0.996. The summed E-state index contributed by atoms with van der Waals surface area (Å²) < 4.78 is 16.3. The van der Waals surface area contributed by atoms with E-state index in [1.807, 2.05) is 0 Å². The first kappa shape index (κ1) is 13.4. The van der Waals surface area contributed by atoms with Crippen LogP contribution in [-0.4, -0.2) is 26.0 Å². The molecule has 2 rings (SSSR count). The normalized spacial score (nSPS) is 23.8. The van der Waals surface area contributed by atoms with Crippen LogP contribution in [0.15, 0.2) is 11.3 Å². The van der Waals surface area contributed by atoms with Crippen molar-refractivity contribution in [3.8, 4) is 0 Å². The zero-order valence-corrected chi connectivity index (χ0v) is 11.2. The van der Waals surface area contributed by atoms with E-state index in [1.165, 1.54) is 7.11 Å². The Kier molecular flexibility index (Phi) is 4.64. The summed E-state index contributed by atoms with van der Waals surface area (Å²) in [4.78, 5) is 11.7. The van der Waals surface area contributed by atoms with Crippen molar-refractivity contribution in [3.63, 3.8) is 0 Å². The minimum atomic E-state index is -0.246. The Balaban J connectivity index is 1.96. The van der Waals surface area contributed by atoms with Crippen molar-refractivity contribution >= 4 is 5.97 Å². The summed E-state index contributed by atoms with van der Waals surface area (Å²) in [6.07, 6.45) is 5.65. The van der Waals surface area contributed by atoms with Crippen LogP contribution in [0.4, 0.5) is 0 Å². The summed E-state index contributed by atoms with van der Waals surface area (Å²) in [5, 5.41) is 0. The van der Waals surface area contributed by atoms with Gasteiger partial charge in [0, 0.05) is 12.3 Å². The van der Waals surface area contributed by atoms with Gasteiger partial charge in [0.1, 0.15) is 5.76 Å². The van der Waals surface area contributed by atoms with Gasteiger partial charge >= 0.3 is 5.97 Å². The molecule has 0 bridgehead atoms. The van der Waals surface area contributed by atoms with Gasteiger partial charge in [0.05, 0.1) is 19.3 Å². The van der Waals surface area contributed by atoms with Gasteiger partial charge in [-0.25, -0.2) is 4.79 Å². The first-order valence-electron chi connectivity index (χ1n) is 6.85. The van der Waals surface area contributed by atoms with Crippen LogP contribution in [0.3, 0.4) is 0 Å². The number of allylic oxidation sites excluding steroid dienone is 1. The molecular weight excluding hydrogens is 232 g/mol. The van der Waals surface area contributed by atoms with E-state index in [2.05, 4.69) is 6.92 Å². The SMILES string of the molecule is CCCCOC1CCC(C(=O)OC)=C(C2CC2)O1. The van der Waals surface area contributed by atoms with Crippen LogP contribution in [0.1, 0.15) is 45.4 Å². The molecule has 1 fully saturated rings. The van der Waals surface area contributed by atoms with Crippen LogP contribution in [0, 0.1) is 5.92 Å².